The third-order valence-corrected chi connectivity index (χ3v) is 5.59. The predicted molar refractivity (Wildman–Crippen MR) is 126 cm³/mol. The summed E-state index contributed by atoms with van der Waals surface area (Å²) >= 11 is 0. The van der Waals surface area contributed by atoms with Crippen molar-refractivity contribution in [3.63, 3.8) is 0 Å². The number of nitrogens with zero attached hydrogens (tertiary/aromatic N) is 4. The zero-order valence-corrected chi connectivity index (χ0v) is 17.9. The number of rotatable bonds is 5. The molecule has 8 heteroatoms. The highest BCUT2D eigenvalue weighted by Crippen LogP contribution is 2.31. The molecule has 0 atom stereocenters. The molecule has 3 heterocycles. The smallest absolute Gasteiger partial charge is 0.221 e. The number of hydrogen-bond donors (Lipinski definition) is 3. The average molecular weight is 428 g/mol. The monoisotopic (exact) mass is 427 g/mol. The predicted octanol–water partition coefficient (Wildman–Crippen LogP) is 4.12. The summed E-state index contributed by atoms with van der Waals surface area (Å²) in [5.74, 6) is 1.23. The second-order valence-corrected chi connectivity index (χ2v) is 7.96. The number of carbonyl (C=O) groups excluding carboxylic acids is 1. The summed E-state index contributed by atoms with van der Waals surface area (Å²) in [6, 6.07) is 17.8. The zero-order valence-electron chi connectivity index (χ0n) is 17.9. The maximum absolute atomic E-state index is 11.4. The van der Waals surface area contributed by atoms with Gasteiger partial charge in [-0.25, -0.2) is 14.6 Å². The molecule has 1 amide bonds. The Balaban J connectivity index is 1.59. The molecular weight excluding hydrogens is 402 g/mol. The highest BCUT2D eigenvalue weighted by Gasteiger charge is 2.21. The van der Waals surface area contributed by atoms with Crippen LogP contribution in [0, 0.1) is 0 Å². The van der Waals surface area contributed by atoms with E-state index in [1.165, 1.54) is 6.92 Å². The van der Waals surface area contributed by atoms with Crippen LogP contribution >= 0.6 is 0 Å². The van der Waals surface area contributed by atoms with Crippen molar-refractivity contribution in [2.24, 2.45) is 0 Å². The number of benzene rings is 2. The second kappa shape index (κ2) is 8.76. The van der Waals surface area contributed by atoms with Crippen LogP contribution in [0.2, 0.25) is 0 Å². The van der Waals surface area contributed by atoms with Gasteiger partial charge in [-0.1, -0.05) is 36.4 Å². The quantitative estimate of drug-likeness (QED) is 0.443. The third kappa shape index (κ3) is 4.17. The molecule has 1 fully saturated rings. The first kappa shape index (κ1) is 20.1. The molecule has 2 aromatic carbocycles. The molecule has 0 bridgehead atoms. The van der Waals surface area contributed by atoms with Gasteiger partial charge in [0.05, 0.1) is 17.6 Å². The van der Waals surface area contributed by atoms with Gasteiger partial charge in [0.25, 0.3) is 0 Å². The number of nitrogens with one attached hydrogen (secondary N) is 3. The minimum Gasteiger partial charge on any atom is -0.339 e. The first-order valence-corrected chi connectivity index (χ1v) is 10.8. The van der Waals surface area contributed by atoms with Crippen LogP contribution in [-0.2, 0) is 4.79 Å². The van der Waals surface area contributed by atoms with Crippen LogP contribution in [-0.4, -0.2) is 38.7 Å². The molecule has 0 aliphatic carbocycles. The number of amides is 1. The molecule has 0 saturated carbocycles. The molecular formula is C24H25N7O. The topological polar surface area (TPSA) is 96.8 Å². The van der Waals surface area contributed by atoms with Crippen molar-refractivity contribution in [2.45, 2.75) is 25.8 Å². The van der Waals surface area contributed by atoms with E-state index in [0.29, 0.717) is 17.7 Å². The van der Waals surface area contributed by atoms with E-state index in [-0.39, 0.29) is 5.91 Å². The molecule has 1 aliphatic heterocycles. The largest absolute Gasteiger partial charge is 0.339 e. The Morgan fingerprint density at radius 3 is 2.59 bits per heavy atom. The van der Waals surface area contributed by atoms with Gasteiger partial charge < -0.3 is 16.0 Å². The molecule has 0 radical (unpaired) electrons. The van der Waals surface area contributed by atoms with Crippen molar-refractivity contribution >= 4 is 34.1 Å². The first-order chi connectivity index (χ1) is 15.7. The lowest BCUT2D eigenvalue weighted by Crippen LogP contribution is -2.30. The lowest BCUT2D eigenvalue weighted by Gasteiger charge is -2.23. The normalized spacial score (nSPS) is 14.4. The Kier molecular flexibility index (Phi) is 5.51. The van der Waals surface area contributed by atoms with Gasteiger partial charge in [0.2, 0.25) is 5.91 Å². The fraction of sp³-hybridized carbons (Fsp3) is 0.250. The standard InChI is InChI=1S/C24H25N7O/c1-16(32)27-18-8-5-9-19(14-18)28-23-21-15-26-31(20-10-12-25-13-11-20)24(21)30-22(29-23)17-6-3-2-4-7-17/h2-9,14-15,20,25H,10-13H2,1H3,(H,27,32)(H,28,29,30). The molecule has 5 rings (SSSR count). The summed E-state index contributed by atoms with van der Waals surface area (Å²) in [5, 5.41) is 15.2. The fourth-order valence-electron chi connectivity index (χ4n) is 4.07. The van der Waals surface area contributed by atoms with E-state index in [1.54, 1.807) is 0 Å². The van der Waals surface area contributed by atoms with E-state index in [2.05, 4.69) is 16.0 Å². The SMILES string of the molecule is CC(=O)Nc1cccc(Nc2nc(-c3ccccc3)nc3c2cnn3C2CCNCC2)c1. The van der Waals surface area contributed by atoms with Crippen LogP contribution in [0.1, 0.15) is 25.8 Å². The van der Waals surface area contributed by atoms with Crippen molar-refractivity contribution in [1.29, 1.82) is 0 Å². The summed E-state index contributed by atoms with van der Waals surface area (Å²) in [6.07, 6.45) is 3.87. The van der Waals surface area contributed by atoms with Crippen molar-refractivity contribution < 1.29 is 4.79 Å². The van der Waals surface area contributed by atoms with Crippen LogP contribution in [0.3, 0.4) is 0 Å². The number of carbonyl (C=O) groups is 1. The van der Waals surface area contributed by atoms with Crippen LogP contribution in [0.5, 0.6) is 0 Å². The number of piperidine rings is 1. The zero-order chi connectivity index (χ0) is 21.9. The summed E-state index contributed by atoms with van der Waals surface area (Å²) in [6.45, 7) is 3.45. The van der Waals surface area contributed by atoms with Crippen molar-refractivity contribution in [2.75, 3.05) is 23.7 Å². The lowest BCUT2D eigenvalue weighted by molar-refractivity contribution is -0.114. The number of hydrogen-bond acceptors (Lipinski definition) is 6. The minimum absolute atomic E-state index is 0.110. The van der Waals surface area contributed by atoms with Gasteiger partial charge in [0.1, 0.15) is 5.82 Å². The molecule has 3 N–H and O–H groups in total. The molecule has 32 heavy (non-hydrogen) atoms. The van der Waals surface area contributed by atoms with Crippen molar-refractivity contribution in [3.8, 4) is 11.4 Å². The van der Waals surface area contributed by atoms with Crippen LogP contribution < -0.4 is 16.0 Å². The Labute approximate surface area is 186 Å². The van der Waals surface area contributed by atoms with E-state index < -0.39 is 0 Å². The van der Waals surface area contributed by atoms with Gasteiger partial charge in [-0.15, -0.1) is 0 Å². The summed E-state index contributed by atoms with van der Waals surface area (Å²) in [4.78, 5) is 21.2. The Hall–Kier alpha value is -3.78. The highest BCUT2D eigenvalue weighted by molar-refractivity contribution is 5.92. The minimum atomic E-state index is -0.110. The van der Waals surface area contributed by atoms with E-state index >= 15 is 0 Å². The second-order valence-electron chi connectivity index (χ2n) is 7.96. The van der Waals surface area contributed by atoms with E-state index in [1.807, 2.05) is 65.5 Å². The fourth-order valence-corrected chi connectivity index (χ4v) is 4.07. The molecule has 1 saturated heterocycles. The molecule has 162 valence electrons. The summed E-state index contributed by atoms with van der Waals surface area (Å²) in [5.41, 5.74) is 3.32. The van der Waals surface area contributed by atoms with Gasteiger partial charge >= 0.3 is 0 Å². The number of fused-ring (bicyclic) bond motifs is 1. The molecule has 0 unspecified atom stereocenters. The molecule has 2 aromatic heterocycles. The van der Waals surface area contributed by atoms with Crippen LogP contribution in [0.4, 0.5) is 17.2 Å². The van der Waals surface area contributed by atoms with Gasteiger partial charge in [-0.2, -0.15) is 5.10 Å². The molecule has 0 spiro atoms. The Bertz CT molecular complexity index is 1250. The number of aromatic nitrogens is 4. The lowest BCUT2D eigenvalue weighted by atomic mass is 10.1. The van der Waals surface area contributed by atoms with Gasteiger partial charge in [0, 0.05) is 23.9 Å². The number of anilines is 3. The van der Waals surface area contributed by atoms with E-state index in [4.69, 9.17) is 15.1 Å². The molecule has 4 aromatic rings. The first-order valence-electron chi connectivity index (χ1n) is 10.8. The molecule has 1 aliphatic rings. The van der Waals surface area contributed by atoms with Gasteiger partial charge in [-0.05, 0) is 44.1 Å². The highest BCUT2D eigenvalue weighted by atomic mass is 16.1. The van der Waals surface area contributed by atoms with Crippen LogP contribution in [0.25, 0.3) is 22.4 Å². The van der Waals surface area contributed by atoms with Crippen molar-refractivity contribution in [1.82, 2.24) is 25.1 Å². The Morgan fingerprint density at radius 1 is 1.03 bits per heavy atom. The maximum Gasteiger partial charge on any atom is 0.221 e. The summed E-state index contributed by atoms with van der Waals surface area (Å²) in [7, 11) is 0. The summed E-state index contributed by atoms with van der Waals surface area (Å²) < 4.78 is 2.04. The van der Waals surface area contributed by atoms with Gasteiger partial charge in [-0.3, -0.25) is 4.79 Å². The Morgan fingerprint density at radius 2 is 1.81 bits per heavy atom. The molecule has 8 nitrogen and oxygen atoms in total. The van der Waals surface area contributed by atoms with Gasteiger partial charge in [0.15, 0.2) is 11.5 Å². The average Bonchev–Trinajstić information content (AvgIpc) is 3.24. The van der Waals surface area contributed by atoms with Crippen molar-refractivity contribution in [3.05, 3.63) is 60.8 Å². The van der Waals surface area contributed by atoms with Crippen LogP contribution in [0.15, 0.2) is 60.8 Å². The van der Waals surface area contributed by atoms with E-state index in [9.17, 15) is 4.79 Å². The maximum atomic E-state index is 11.4. The van der Waals surface area contributed by atoms with E-state index in [0.717, 1.165) is 53.9 Å². The third-order valence-electron chi connectivity index (χ3n) is 5.59.